The van der Waals surface area contributed by atoms with E-state index in [9.17, 15) is 26.4 Å². The number of carbonyl (C=O) groups excluding carboxylic acids is 2. The van der Waals surface area contributed by atoms with Gasteiger partial charge in [0.25, 0.3) is 11.8 Å². The van der Waals surface area contributed by atoms with Crippen LogP contribution in [-0.2, 0) is 20.0 Å². The Kier molecular flexibility index (Phi) is 11.3. The SMILES string of the molecule is CCC(CCC(C(=O)c1ncco1)C1CCN(S(=O)(=O)c2ccc(Cl)cc2)CC1)(C(=O)c1ncco1)C1CCN(S(=O)(=O)c2ccccc2)CC1. The molecule has 2 saturated heterocycles. The summed E-state index contributed by atoms with van der Waals surface area (Å²) in [5.74, 6) is -1.64. The van der Waals surface area contributed by atoms with Crippen molar-refractivity contribution in [2.45, 2.75) is 61.7 Å². The fourth-order valence-corrected chi connectivity index (χ4v) is 10.9. The number of ketones is 2. The lowest BCUT2D eigenvalue weighted by molar-refractivity contribution is 0.0412. The van der Waals surface area contributed by atoms with E-state index in [1.807, 2.05) is 6.92 Å². The molecule has 2 fully saturated rings. The molecule has 2 atom stereocenters. The molecule has 0 spiro atoms. The van der Waals surface area contributed by atoms with Crippen LogP contribution < -0.4 is 0 Å². The highest BCUT2D eigenvalue weighted by Crippen LogP contribution is 2.47. The summed E-state index contributed by atoms with van der Waals surface area (Å²) in [5, 5.41) is 0.438. The molecule has 2 aliphatic heterocycles. The topological polar surface area (TPSA) is 161 Å². The maximum Gasteiger partial charge on any atom is 0.263 e. The van der Waals surface area contributed by atoms with Crippen LogP contribution in [0.5, 0.6) is 0 Å². The Morgan fingerprint density at radius 3 is 1.86 bits per heavy atom. The summed E-state index contributed by atoms with van der Waals surface area (Å²) in [6, 6.07) is 14.3. The molecule has 51 heavy (non-hydrogen) atoms. The Labute approximate surface area is 303 Å². The first-order chi connectivity index (χ1) is 24.5. The largest absolute Gasteiger partial charge is 0.442 e. The zero-order valence-electron chi connectivity index (χ0n) is 28.3. The summed E-state index contributed by atoms with van der Waals surface area (Å²) in [6.45, 7) is 2.84. The van der Waals surface area contributed by atoms with Crippen molar-refractivity contribution in [2.24, 2.45) is 23.2 Å². The molecule has 2 aromatic carbocycles. The van der Waals surface area contributed by atoms with Gasteiger partial charge in [-0.1, -0.05) is 36.7 Å². The molecule has 4 aromatic rings. The number of nitrogens with zero attached hydrogens (tertiary/aromatic N) is 4. The standard InChI is InChI=1S/C36H41ClN4O8S2/c1-2-36(33(43)35-39-19-25-49-35,27-15-22-41(23-16-27)50(44,45)29-6-4-3-5-7-29)17-12-31(32(42)34-38-18-24-48-34)26-13-20-40(21-14-26)51(46,47)30-10-8-28(37)9-11-30/h3-11,18-19,24-27,31H,2,12-17,20-23H2,1H3. The number of sulfonamides is 2. The number of oxazole rings is 2. The number of hydrogen-bond acceptors (Lipinski definition) is 10. The van der Waals surface area contributed by atoms with Gasteiger partial charge in [-0.2, -0.15) is 8.61 Å². The molecule has 15 heteroatoms. The molecule has 0 amide bonds. The van der Waals surface area contributed by atoms with Crippen LogP contribution in [0.4, 0.5) is 0 Å². The number of hydrogen-bond donors (Lipinski definition) is 0. The van der Waals surface area contributed by atoms with E-state index in [1.165, 1.54) is 57.8 Å². The minimum absolute atomic E-state index is 0.0209. The summed E-state index contributed by atoms with van der Waals surface area (Å²) in [5.41, 5.74) is -0.999. The van der Waals surface area contributed by atoms with E-state index in [-0.39, 0.29) is 71.2 Å². The Hall–Kier alpha value is -3.69. The molecule has 2 aromatic heterocycles. The second-order valence-electron chi connectivity index (χ2n) is 13.2. The highest BCUT2D eigenvalue weighted by Gasteiger charge is 2.49. The fourth-order valence-electron chi connectivity index (χ4n) is 7.84. The van der Waals surface area contributed by atoms with Crippen molar-refractivity contribution in [3.8, 4) is 0 Å². The molecular formula is C36H41ClN4O8S2. The van der Waals surface area contributed by atoms with Gasteiger partial charge >= 0.3 is 0 Å². The van der Waals surface area contributed by atoms with Crippen LogP contribution in [0.1, 0.15) is 73.2 Å². The number of benzene rings is 2. The molecule has 6 rings (SSSR count). The molecule has 12 nitrogen and oxygen atoms in total. The predicted octanol–water partition coefficient (Wildman–Crippen LogP) is 6.38. The molecular weight excluding hydrogens is 716 g/mol. The monoisotopic (exact) mass is 756 g/mol. The van der Waals surface area contributed by atoms with E-state index in [1.54, 1.807) is 30.3 Å². The van der Waals surface area contributed by atoms with Crippen molar-refractivity contribution in [3.05, 3.63) is 96.3 Å². The number of rotatable bonds is 14. The van der Waals surface area contributed by atoms with Gasteiger partial charge in [-0.15, -0.1) is 0 Å². The number of Topliss-reactive ketones (excluding diaryl/α,β-unsaturated/α-hetero) is 2. The molecule has 0 bridgehead atoms. The van der Waals surface area contributed by atoms with Crippen molar-refractivity contribution >= 4 is 43.2 Å². The zero-order valence-corrected chi connectivity index (χ0v) is 30.7. The van der Waals surface area contributed by atoms with Gasteiger partial charge < -0.3 is 8.83 Å². The van der Waals surface area contributed by atoms with Crippen LogP contribution in [0.2, 0.25) is 5.02 Å². The lowest BCUT2D eigenvalue weighted by Gasteiger charge is -2.43. The maximum absolute atomic E-state index is 14.4. The van der Waals surface area contributed by atoms with E-state index in [0.717, 1.165) is 0 Å². The first-order valence-electron chi connectivity index (χ1n) is 17.2. The number of aromatic nitrogens is 2. The van der Waals surface area contributed by atoms with Crippen molar-refractivity contribution < 1.29 is 35.3 Å². The lowest BCUT2D eigenvalue weighted by Crippen LogP contribution is -2.47. The minimum atomic E-state index is -3.76. The van der Waals surface area contributed by atoms with Gasteiger partial charge in [-0.3, -0.25) is 9.59 Å². The van der Waals surface area contributed by atoms with Gasteiger partial charge in [-0.25, -0.2) is 26.8 Å². The van der Waals surface area contributed by atoms with Gasteiger partial charge in [0.2, 0.25) is 31.6 Å². The van der Waals surface area contributed by atoms with Crippen LogP contribution in [0.3, 0.4) is 0 Å². The van der Waals surface area contributed by atoms with Crippen molar-refractivity contribution in [3.63, 3.8) is 0 Å². The highest BCUT2D eigenvalue weighted by atomic mass is 35.5. The number of piperidine rings is 2. The molecule has 2 aliphatic rings. The third-order valence-corrected chi connectivity index (χ3v) is 14.8. The molecule has 272 valence electrons. The summed E-state index contributed by atoms with van der Waals surface area (Å²) < 4.78 is 67.5. The Morgan fingerprint density at radius 1 is 0.804 bits per heavy atom. The number of carbonyl (C=O) groups is 2. The van der Waals surface area contributed by atoms with Crippen molar-refractivity contribution in [1.82, 2.24) is 18.6 Å². The van der Waals surface area contributed by atoms with Crippen molar-refractivity contribution in [1.29, 1.82) is 0 Å². The first kappa shape index (κ1) is 37.1. The summed E-state index contributed by atoms with van der Waals surface area (Å²) in [4.78, 5) is 37.1. The summed E-state index contributed by atoms with van der Waals surface area (Å²) >= 11 is 5.98. The molecule has 2 unspecified atom stereocenters. The molecule has 0 aliphatic carbocycles. The smallest absolute Gasteiger partial charge is 0.263 e. The average molecular weight is 757 g/mol. The number of halogens is 1. The Morgan fingerprint density at radius 2 is 1.33 bits per heavy atom. The third-order valence-electron chi connectivity index (χ3n) is 10.7. The maximum atomic E-state index is 14.4. The average Bonchev–Trinajstić information content (AvgIpc) is 3.90. The highest BCUT2D eigenvalue weighted by molar-refractivity contribution is 7.89. The Balaban J connectivity index is 1.23. The van der Waals surface area contributed by atoms with Gasteiger partial charge in [0, 0.05) is 42.5 Å². The van der Waals surface area contributed by atoms with Crippen LogP contribution in [0, 0.1) is 23.2 Å². The van der Waals surface area contributed by atoms with E-state index in [0.29, 0.717) is 50.0 Å². The first-order valence-corrected chi connectivity index (χ1v) is 20.4. The van der Waals surface area contributed by atoms with E-state index >= 15 is 0 Å². The van der Waals surface area contributed by atoms with Crippen LogP contribution in [0.25, 0.3) is 0 Å². The molecule has 0 saturated carbocycles. The molecule has 0 N–H and O–H groups in total. The zero-order chi connectivity index (χ0) is 36.2. The second kappa shape index (κ2) is 15.5. The van der Waals surface area contributed by atoms with Gasteiger partial charge in [0.1, 0.15) is 12.5 Å². The molecule has 4 heterocycles. The van der Waals surface area contributed by atoms with E-state index in [4.69, 9.17) is 20.4 Å². The Bertz CT molecular complexity index is 1990. The van der Waals surface area contributed by atoms with Crippen LogP contribution >= 0.6 is 11.6 Å². The van der Waals surface area contributed by atoms with Crippen LogP contribution in [0.15, 0.2) is 98.1 Å². The normalized spacial score (nSPS) is 19.0. The molecule has 0 radical (unpaired) electrons. The quantitative estimate of drug-likeness (QED) is 0.132. The summed E-state index contributed by atoms with van der Waals surface area (Å²) in [6.07, 6.45) is 8.27. The predicted molar refractivity (Wildman–Crippen MR) is 188 cm³/mol. The van der Waals surface area contributed by atoms with E-state index < -0.39 is 31.4 Å². The van der Waals surface area contributed by atoms with Gasteiger partial charge in [-0.05, 0) is 93.2 Å². The van der Waals surface area contributed by atoms with Gasteiger partial charge in [0.05, 0.1) is 22.2 Å². The third kappa shape index (κ3) is 7.61. The van der Waals surface area contributed by atoms with Crippen molar-refractivity contribution in [2.75, 3.05) is 26.2 Å². The lowest BCUT2D eigenvalue weighted by atomic mass is 9.62. The van der Waals surface area contributed by atoms with Crippen LogP contribution in [-0.4, -0.2) is 73.2 Å². The fraction of sp³-hybridized carbons (Fsp3) is 0.444. The summed E-state index contributed by atoms with van der Waals surface area (Å²) in [7, 11) is -7.47. The van der Waals surface area contributed by atoms with Gasteiger partial charge in [0.15, 0.2) is 0 Å². The second-order valence-corrected chi connectivity index (χ2v) is 17.5. The van der Waals surface area contributed by atoms with E-state index in [2.05, 4.69) is 9.97 Å². The minimum Gasteiger partial charge on any atom is -0.442 e.